The molecule has 8 amide bonds. The van der Waals surface area contributed by atoms with Crippen LogP contribution >= 0.6 is 34.8 Å². The molecule has 0 saturated heterocycles. The van der Waals surface area contributed by atoms with Crippen LogP contribution in [-0.4, -0.2) is 121 Å². The maximum Gasteiger partial charge on any atom is 0.253 e. The summed E-state index contributed by atoms with van der Waals surface area (Å²) >= 11 is 19.2. The third kappa shape index (κ3) is 23.0. The fourth-order valence-electron chi connectivity index (χ4n) is 7.99. The van der Waals surface area contributed by atoms with Crippen LogP contribution in [0.25, 0.3) is 0 Å². The van der Waals surface area contributed by atoms with Gasteiger partial charge < -0.3 is 92.9 Å². The van der Waals surface area contributed by atoms with Gasteiger partial charge in [-0.15, -0.1) is 0 Å². The largest absolute Gasteiger partial charge is 0.370 e. The molecule has 0 spiro atoms. The molecule has 85 heavy (non-hydrogen) atoms. The van der Waals surface area contributed by atoms with Crippen molar-refractivity contribution in [3.05, 3.63) is 116 Å². The molecule has 4 aromatic rings. The SMILES string of the molecule is Cc1ccc(NC(=O)[C@H](N)CCCNC(=N)N)cc1C(=O)N[C@H](CCCNC(=N)N)C(=O)Nc1ccc(Cl)c(C(=O)N[C@H](CCCNC(=N)N)C(=O)Nc2ccc(Cl)c(C(=O)N[C@H](CCCNC(=N)N)C(=O)Nc3ccc(Cl)c(C(N)=O)c3)c2)c1. The second kappa shape index (κ2) is 33.6. The smallest absolute Gasteiger partial charge is 0.253 e. The molecular weight excluding hydrogens is 1170 g/mol. The van der Waals surface area contributed by atoms with Gasteiger partial charge in [-0.3, -0.25) is 60.0 Å². The molecule has 4 rings (SSSR count). The van der Waals surface area contributed by atoms with E-state index in [9.17, 15) is 38.4 Å². The van der Waals surface area contributed by atoms with Crippen LogP contribution in [0.1, 0.15) is 98.4 Å². The fraction of sp³-hybridized carbons (Fsp3) is 0.321. The maximum absolute atomic E-state index is 14.1. The molecule has 27 N–H and O–H groups in total. The van der Waals surface area contributed by atoms with Gasteiger partial charge >= 0.3 is 0 Å². The Hall–Kier alpha value is -9.45. The van der Waals surface area contributed by atoms with E-state index in [1.165, 1.54) is 60.7 Å². The summed E-state index contributed by atoms with van der Waals surface area (Å²) in [5.41, 5.74) is 33.8. The van der Waals surface area contributed by atoms with Crippen LogP contribution in [0.2, 0.25) is 15.1 Å². The molecule has 0 fully saturated rings. The molecule has 456 valence electrons. The number of guanidine groups is 4. The summed E-state index contributed by atoms with van der Waals surface area (Å²) in [6.07, 6.45) is 1.39. The number of nitrogens with one attached hydrogen (secondary N) is 15. The zero-order valence-corrected chi connectivity index (χ0v) is 48.4. The number of aryl methyl sites for hydroxylation is 1. The zero-order valence-electron chi connectivity index (χ0n) is 46.1. The quantitative estimate of drug-likeness (QED) is 0.0193. The Morgan fingerprint density at radius 3 is 1.04 bits per heavy atom. The number of carbonyl (C=O) groups is 8. The molecule has 32 heteroatoms. The lowest BCUT2D eigenvalue weighted by Crippen LogP contribution is -2.45. The molecule has 0 aliphatic carbocycles. The summed E-state index contributed by atoms with van der Waals surface area (Å²) < 4.78 is 0. The van der Waals surface area contributed by atoms with Gasteiger partial charge in [0.05, 0.1) is 37.8 Å². The Morgan fingerprint density at radius 2 is 0.694 bits per heavy atom. The van der Waals surface area contributed by atoms with Gasteiger partial charge in [0.2, 0.25) is 29.5 Å². The third-order valence-corrected chi connectivity index (χ3v) is 13.4. The molecule has 0 bridgehead atoms. The third-order valence-electron chi connectivity index (χ3n) is 12.4. The van der Waals surface area contributed by atoms with Crippen molar-refractivity contribution in [2.45, 2.75) is 82.5 Å². The summed E-state index contributed by atoms with van der Waals surface area (Å²) in [6.45, 7) is 2.44. The molecule has 29 nitrogen and oxygen atoms in total. The number of halogens is 3. The molecule has 0 radical (unpaired) electrons. The number of primary amides is 1. The Balaban J connectivity index is 1.54. The molecule has 0 unspecified atom stereocenters. The Morgan fingerprint density at radius 1 is 0.412 bits per heavy atom. The lowest BCUT2D eigenvalue weighted by molar-refractivity contribution is -0.118. The highest BCUT2D eigenvalue weighted by Gasteiger charge is 2.28. The van der Waals surface area contributed by atoms with Crippen molar-refractivity contribution in [3.63, 3.8) is 0 Å². The van der Waals surface area contributed by atoms with Crippen molar-refractivity contribution >= 4 is 129 Å². The van der Waals surface area contributed by atoms with E-state index >= 15 is 0 Å². The van der Waals surface area contributed by atoms with E-state index in [1.807, 2.05) is 0 Å². The van der Waals surface area contributed by atoms with Gasteiger partial charge in [-0.05, 0) is 131 Å². The molecule has 0 aliphatic rings. The van der Waals surface area contributed by atoms with Gasteiger partial charge in [-0.1, -0.05) is 40.9 Å². The number of carbonyl (C=O) groups excluding carboxylic acids is 8. The number of hydrogen-bond acceptors (Lipinski definition) is 13. The highest BCUT2D eigenvalue weighted by molar-refractivity contribution is 6.35. The molecular formula is C53H70Cl3N21O8. The number of hydrogen-bond donors (Lipinski definition) is 21. The highest BCUT2D eigenvalue weighted by atomic mass is 35.5. The Kier molecular flexibility index (Phi) is 26.9. The van der Waals surface area contributed by atoms with Gasteiger partial charge in [0.15, 0.2) is 23.8 Å². The maximum atomic E-state index is 14.1. The topological polar surface area (TPSA) is 520 Å². The second-order valence-corrected chi connectivity index (χ2v) is 20.3. The first-order valence-electron chi connectivity index (χ1n) is 26.2. The predicted molar refractivity (Wildman–Crippen MR) is 327 cm³/mol. The summed E-state index contributed by atoms with van der Waals surface area (Å²) in [4.78, 5) is 109. The van der Waals surface area contributed by atoms with Crippen LogP contribution in [0.15, 0.2) is 72.8 Å². The van der Waals surface area contributed by atoms with Gasteiger partial charge in [0.25, 0.3) is 17.7 Å². The van der Waals surface area contributed by atoms with Gasteiger partial charge in [-0.2, -0.15) is 0 Å². The fourth-order valence-corrected chi connectivity index (χ4v) is 8.61. The monoisotopic (exact) mass is 1230 g/mol. The van der Waals surface area contributed by atoms with Gasteiger partial charge in [0, 0.05) is 54.5 Å². The van der Waals surface area contributed by atoms with E-state index < -0.39 is 71.4 Å². The van der Waals surface area contributed by atoms with Crippen LogP contribution < -0.4 is 92.9 Å². The van der Waals surface area contributed by atoms with Crippen molar-refractivity contribution < 1.29 is 38.4 Å². The first-order valence-corrected chi connectivity index (χ1v) is 27.4. The first-order chi connectivity index (χ1) is 40.2. The van der Waals surface area contributed by atoms with E-state index in [4.69, 9.17) is 90.8 Å². The minimum Gasteiger partial charge on any atom is -0.370 e. The molecule has 0 saturated carbocycles. The minimum absolute atomic E-state index is 0.0175. The number of anilines is 4. The van der Waals surface area contributed by atoms with E-state index in [2.05, 4.69) is 58.5 Å². The van der Waals surface area contributed by atoms with Gasteiger partial charge in [0.1, 0.15) is 18.1 Å². The first kappa shape index (κ1) is 68.1. The summed E-state index contributed by atoms with van der Waals surface area (Å²) in [5, 5.41) is 58.9. The van der Waals surface area contributed by atoms with Crippen molar-refractivity contribution in [3.8, 4) is 0 Å². The van der Waals surface area contributed by atoms with E-state index in [-0.39, 0.29) is 148 Å². The van der Waals surface area contributed by atoms with Crippen LogP contribution in [0.5, 0.6) is 0 Å². The lowest BCUT2D eigenvalue weighted by Gasteiger charge is -2.21. The minimum atomic E-state index is -1.32. The molecule has 0 aromatic heterocycles. The summed E-state index contributed by atoms with van der Waals surface area (Å²) in [5.74, 6) is -7.13. The van der Waals surface area contributed by atoms with Crippen LogP contribution in [0, 0.1) is 28.6 Å². The van der Waals surface area contributed by atoms with Crippen molar-refractivity contribution in [1.29, 1.82) is 21.6 Å². The standard InChI is InChI=1S/C53H70Cl3N21O8/c1-26-10-11-27(71-46(82)38(57)6-2-18-67-50(59)60)22-31(26)43(79)75-39(7-3-19-68-51(61)62)47(83)73-29-13-16-36(55)33(24-29)45(81)77-41(9-5-21-70-53(65)66)49(85)74-30-14-17-37(56)34(25-30)44(80)76-40(8-4-20-69-52(63)64)48(84)72-28-12-15-35(54)32(23-28)42(58)78/h10-17,22-25,38-41H,2-9,18-21,57H2,1H3,(H2,58,78)(H,71,82)(H,72,84)(H,73,83)(H,74,85)(H,75,79)(H,76,80)(H,77,81)(H4,59,60,67)(H4,61,62,68)(H4,63,64,69)(H4,65,66,70)/t38-,39-,40-,41-/m1/s1. The van der Waals surface area contributed by atoms with Gasteiger partial charge in [-0.25, -0.2) is 0 Å². The van der Waals surface area contributed by atoms with Crippen LogP contribution in [0.3, 0.4) is 0 Å². The normalized spacial score (nSPS) is 12.1. The van der Waals surface area contributed by atoms with Crippen LogP contribution in [-0.2, 0) is 19.2 Å². The lowest BCUT2D eigenvalue weighted by atomic mass is 10.0. The number of rotatable bonds is 31. The Labute approximate surface area is 503 Å². The Bertz CT molecular complexity index is 3170. The molecule has 4 atom stereocenters. The van der Waals surface area contributed by atoms with Crippen molar-refractivity contribution in [1.82, 2.24) is 37.2 Å². The van der Waals surface area contributed by atoms with E-state index in [0.717, 1.165) is 0 Å². The molecule has 0 aliphatic heterocycles. The van der Waals surface area contributed by atoms with E-state index in [0.29, 0.717) is 18.5 Å². The molecule has 4 aromatic carbocycles. The van der Waals surface area contributed by atoms with Crippen molar-refractivity contribution in [2.24, 2.45) is 34.4 Å². The summed E-state index contributed by atoms with van der Waals surface area (Å²) in [6, 6.07) is 11.9. The molecule has 0 heterocycles. The average molecular weight is 1240 g/mol. The van der Waals surface area contributed by atoms with Crippen LogP contribution in [0.4, 0.5) is 22.7 Å². The van der Waals surface area contributed by atoms with Crippen molar-refractivity contribution in [2.75, 3.05) is 47.4 Å². The van der Waals surface area contributed by atoms with E-state index in [1.54, 1.807) is 19.1 Å². The summed E-state index contributed by atoms with van der Waals surface area (Å²) in [7, 11) is 0. The zero-order chi connectivity index (χ0) is 62.9. The number of nitrogens with two attached hydrogens (primary N) is 6. The second-order valence-electron chi connectivity index (χ2n) is 19.1. The number of amides is 8. The predicted octanol–water partition coefficient (Wildman–Crippen LogP) is 1.58. The highest BCUT2D eigenvalue weighted by Crippen LogP contribution is 2.25. The average Bonchev–Trinajstić information content (AvgIpc) is 3.65. The number of benzene rings is 4.